The van der Waals surface area contributed by atoms with Crippen LogP contribution in [0.25, 0.3) is 0 Å². The van der Waals surface area contributed by atoms with Gasteiger partial charge in [-0.05, 0) is 32.4 Å². The van der Waals surface area contributed by atoms with Crippen LogP contribution < -0.4 is 0 Å². The molecular formula is C17H20Cl2N2O4S. The van der Waals surface area contributed by atoms with Crippen LogP contribution in [0.5, 0.6) is 0 Å². The van der Waals surface area contributed by atoms with Crippen molar-refractivity contribution in [2.24, 2.45) is 5.41 Å². The number of carbonyl (C=O) groups is 2. The third kappa shape index (κ3) is 3.26. The highest BCUT2D eigenvalue weighted by Gasteiger charge is 2.68. The number of piperazine rings is 1. The Balaban J connectivity index is 1.67. The summed E-state index contributed by atoms with van der Waals surface area (Å²) in [6.07, 6.45) is 0.406. The molecule has 1 saturated heterocycles. The molecule has 1 aliphatic carbocycles. The number of ketones is 1. The summed E-state index contributed by atoms with van der Waals surface area (Å²) < 4.78 is 25.8. The fourth-order valence-corrected chi connectivity index (χ4v) is 5.24. The zero-order valence-corrected chi connectivity index (χ0v) is 16.9. The Hall–Kier alpha value is -1.15. The van der Waals surface area contributed by atoms with E-state index in [1.807, 2.05) is 0 Å². The number of sulfonamides is 1. The van der Waals surface area contributed by atoms with Gasteiger partial charge < -0.3 is 4.90 Å². The molecule has 0 bridgehead atoms. The van der Waals surface area contributed by atoms with Gasteiger partial charge in [-0.25, -0.2) is 8.42 Å². The molecule has 0 N–H and O–H groups in total. The molecule has 1 atom stereocenters. The number of hydrogen-bond donors (Lipinski definition) is 0. The number of Topliss-reactive ketones (excluding diaryl/α,β-unsaturated/α-hetero) is 1. The number of carbonyl (C=O) groups excluding carboxylic acids is 2. The first kappa shape index (κ1) is 19.6. The summed E-state index contributed by atoms with van der Waals surface area (Å²) in [6.45, 7) is 4.16. The van der Waals surface area contributed by atoms with Crippen LogP contribution in [0.1, 0.15) is 30.6 Å². The van der Waals surface area contributed by atoms with Gasteiger partial charge in [-0.1, -0.05) is 12.1 Å². The topological polar surface area (TPSA) is 74.8 Å². The fourth-order valence-electron chi connectivity index (χ4n) is 3.12. The Morgan fingerprint density at radius 3 is 1.96 bits per heavy atom. The molecule has 2 aliphatic rings. The van der Waals surface area contributed by atoms with Crippen LogP contribution >= 0.6 is 23.2 Å². The first-order valence-electron chi connectivity index (χ1n) is 8.27. The average molecular weight is 419 g/mol. The van der Waals surface area contributed by atoms with E-state index in [4.69, 9.17) is 23.2 Å². The second-order valence-corrected chi connectivity index (χ2v) is 10.4. The van der Waals surface area contributed by atoms with Gasteiger partial charge in [0.15, 0.2) is 5.78 Å². The molecule has 0 spiro atoms. The summed E-state index contributed by atoms with van der Waals surface area (Å²) in [5.41, 5.74) is -0.331. The van der Waals surface area contributed by atoms with Gasteiger partial charge in [0.05, 0.1) is 10.3 Å². The van der Waals surface area contributed by atoms with Crippen LogP contribution in [-0.2, 0) is 14.8 Å². The second-order valence-electron chi connectivity index (χ2n) is 6.99. The van der Waals surface area contributed by atoms with E-state index in [9.17, 15) is 18.0 Å². The van der Waals surface area contributed by atoms with Crippen molar-refractivity contribution in [1.82, 2.24) is 9.21 Å². The van der Waals surface area contributed by atoms with Crippen molar-refractivity contribution in [1.29, 1.82) is 0 Å². The smallest absolute Gasteiger partial charge is 0.243 e. The molecule has 0 aromatic heterocycles. The zero-order chi connectivity index (χ0) is 19.3. The Morgan fingerprint density at radius 2 is 1.54 bits per heavy atom. The lowest BCUT2D eigenvalue weighted by Crippen LogP contribution is -2.52. The van der Waals surface area contributed by atoms with Gasteiger partial charge in [0.25, 0.3) is 0 Å². The number of halogens is 2. The Morgan fingerprint density at radius 1 is 1.04 bits per heavy atom. The van der Waals surface area contributed by atoms with Gasteiger partial charge in [-0.3, -0.25) is 9.59 Å². The van der Waals surface area contributed by atoms with E-state index in [0.717, 1.165) is 0 Å². The number of rotatable bonds is 4. The Bertz CT molecular complexity index is 846. The minimum absolute atomic E-state index is 0.121. The predicted octanol–water partition coefficient (Wildman–Crippen LogP) is 2.31. The molecule has 1 amide bonds. The Labute approximate surface area is 163 Å². The van der Waals surface area contributed by atoms with E-state index in [0.29, 0.717) is 25.1 Å². The van der Waals surface area contributed by atoms with Gasteiger partial charge in [0, 0.05) is 31.7 Å². The molecular weight excluding hydrogens is 399 g/mol. The standard InChI is InChI=1S/C17H20Cl2N2O4S/c1-12(22)13-3-5-14(6-4-13)26(24,25)21-9-7-20(8-10-21)15(23)16(2)11-17(16,18)19/h3-6H,7-11H2,1-2H3. The molecule has 1 saturated carbocycles. The van der Waals surface area contributed by atoms with Gasteiger partial charge in [0.1, 0.15) is 4.33 Å². The summed E-state index contributed by atoms with van der Waals surface area (Å²) in [7, 11) is -3.66. The van der Waals surface area contributed by atoms with Crippen LogP contribution in [0.3, 0.4) is 0 Å². The predicted molar refractivity (Wildman–Crippen MR) is 98.9 cm³/mol. The minimum atomic E-state index is -3.66. The second kappa shape index (κ2) is 6.48. The highest BCUT2D eigenvalue weighted by molar-refractivity contribution is 7.89. The van der Waals surface area contributed by atoms with Crippen molar-refractivity contribution in [3.05, 3.63) is 29.8 Å². The lowest BCUT2D eigenvalue weighted by Gasteiger charge is -2.35. The van der Waals surface area contributed by atoms with E-state index < -0.39 is 19.8 Å². The maximum Gasteiger partial charge on any atom is 0.243 e. The maximum atomic E-state index is 12.8. The number of hydrogen-bond acceptors (Lipinski definition) is 4. The number of benzene rings is 1. The fraction of sp³-hybridized carbons (Fsp3) is 0.529. The molecule has 9 heteroatoms. The number of nitrogens with zero attached hydrogens (tertiary/aromatic N) is 2. The molecule has 1 aromatic rings. The van der Waals surface area contributed by atoms with Gasteiger partial charge in [0.2, 0.25) is 15.9 Å². The molecule has 1 aromatic carbocycles. The molecule has 0 radical (unpaired) electrons. The van der Waals surface area contributed by atoms with Crippen molar-refractivity contribution in [2.45, 2.75) is 29.5 Å². The molecule has 2 fully saturated rings. The van der Waals surface area contributed by atoms with Crippen molar-refractivity contribution in [2.75, 3.05) is 26.2 Å². The van der Waals surface area contributed by atoms with Gasteiger partial charge in [-0.2, -0.15) is 4.31 Å². The van der Waals surface area contributed by atoms with Crippen molar-refractivity contribution < 1.29 is 18.0 Å². The summed E-state index contributed by atoms with van der Waals surface area (Å²) in [5.74, 6) is -0.255. The largest absolute Gasteiger partial charge is 0.339 e. The van der Waals surface area contributed by atoms with Crippen molar-refractivity contribution in [3.63, 3.8) is 0 Å². The average Bonchev–Trinajstić information content (AvgIpc) is 3.13. The summed E-state index contributed by atoms with van der Waals surface area (Å²) >= 11 is 12.1. The number of alkyl halides is 2. The zero-order valence-electron chi connectivity index (χ0n) is 14.5. The van der Waals surface area contributed by atoms with Crippen molar-refractivity contribution >= 4 is 44.9 Å². The lowest BCUT2D eigenvalue weighted by atomic mass is 10.1. The quantitative estimate of drug-likeness (QED) is 0.555. The summed E-state index contributed by atoms with van der Waals surface area (Å²) in [5, 5.41) is 0. The highest BCUT2D eigenvalue weighted by Crippen LogP contribution is 2.64. The molecule has 1 heterocycles. The third-order valence-corrected chi connectivity index (χ3v) is 8.17. The molecule has 142 valence electrons. The first-order valence-corrected chi connectivity index (χ1v) is 10.5. The monoisotopic (exact) mass is 418 g/mol. The minimum Gasteiger partial charge on any atom is -0.339 e. The van der Waals surface area contributed by atoms with E-state index in [1.165, 1.54) is 35.5 Å². The lowest BCUT2D eigenvalue weighted by molar-refractivity contribution is -0.137. The normalized spacial score (nSPS) is 25.8. The molecule has 3 rings (SSSR count). The third-order valence-electron chi connectivity index (χ3n) is 5.15. The van der Waals surface area contributed by atoms with Crippen LogP contribution in [-0.4, -0.2) is 59.8 Å². The maximum absolute atomic E-state index is 12.8. The van der Waals surface area contributed by atoms with Crippen molar-refractivity contribution in [3.8, 4) is 0 Å². The SMILES string of the molecule is CC(=O)c1ccc(S(=O)(=O)N2CCN(C(=O)C3(C)CC3(Cl)Cl)CC2)cc1. The van der Waals surface area contributed by atoms with Crippen LogP contribution in [0.2, 0.25) is 0 Å². The van der Waals surface area contributed by atoms with Crippen LogP contribution in [0, 0.1) is 5.41 Å². The summed E-state index contributed by atoms with van der Waals surface area (Å²) in [4.78, 5) is 25.7. The van der Waals surface area contributed by atoms with E-state index in [1.54, 1.807) is 11.8 Å². The van der Waals surface area contributed by atoms with Crippen LogP contribution in [0.4, 0.5) is 0 Å². The number of amides is 1. The summed E-state index contributed by atoms with van der Waals surface area (Å²) in [6, 6.07) is 5.88. The Kier molecular flexibility index (Phi) is 4.88. The van der Waals surface area contributed by atoms with E-state index in [2.05, 4.69) is 0 Å². The first-order chi connectivity index (χ1) is 12.0. The molecule has 26 heavy (non-hydrogen) atoms. The molecule has 6 nitrogen and oxygen atoms in total. The molecule has 1 unspecified atom stereocenters. The van der Waals surface area contributed by atoms with Gasteiger partial charge in [-0.15, -0.1) is 23.2 Å². The molecule has 1 aliphatic heterocycles. The van der Waals surface area contributed by atoms with E-state index >= 15 is 0 Å². The van der Waals surface area contributed by atoms with Gasteiger partial charge >= 0.3 is 0 Å². The van der Waals surface area contributed by atoms with E-state index in [-0.39, 0.29) is 29.7 Å². The van der Waals surface area contributed by atoms with Crippen LogP contribution in [0.15, 0.2) is 29.2 Å². The highest BCUT2D eigenvalue weighted by atomic mass is 35.5.